The van der Waals surface area contributed by atoms with Gasteiger partial charge in [-0.3, -0.25) is 4.68 Å². The van der Waals surface area contributed by atoms with Crippen LogP contribution in [0, 0.1) is 6.92 Å². The molecule has 1 heterocycles. The van der Waals surface area contributed by atoms with Gasteiger partial charge in [0.25, 0.3) is 0 Å². The summed E-state index contributed by atoms with van der Waals surface area (Å²) in [6, 6.07) is 7.09. The van der Waals surface area contributed by atoms with Crippen LogP contribution in [-0.2, 0) is 18.4 Å². The molecule has 0 atom stereocenters. The zero-order valence-electron chi connectivity index (χ0n) is 10.4. The highest BCUT2D eigenvalue weighted by atomic mass is 16.5. The molecule has 2 N–H and O–H groups in total. The van der Waals surface area contributed by atoms with E-state index < -0.39 is 5.97 Å². The van der Waals surface area contributed by atoms with Crippen molar-refractivity contribution in [3.63, 3.8) is 0 Å². The molecule has 2 rings (SSSR count). The number of carbonyl (C=O) groups excluding carboxylic acids is 1. The average molecular weight is 245 g/mol. The van der Waals surface area contributed by atoms with Crippen molar-refractivity contribution in [3.8, 4) is 0 Å². The molecule has 0 saturated carbocycles. The molecule has 1 aromatic heterocycles. The van der Waals surface area contributed by atoms with Crippen molar-refractivity contribution in [2.45, 2.75) is 13.5 Å². The van der Waals surface area contributed by atoms with Crippen molar-refractivity contribution in [2.24, 2.45) is 7.05 Å². The van der Waals surface area contributed by atoms with Crippen LogP contribution in [-0.4, -0.2) is 15.7 Å². The number of nitrogens with two attached hydrogens (primary N) is 1. The van der Waals surface area contributed by atoms with Crippen LogP contribution in [0.25, 0.3) is 0 Å². The minimum atomic E-state index is -0.429. The summed E-state index contributed by atoms with van der Waals surface area (Å²) >= 11 is 0. The SMILES string of the molecule is Cc1cccc(C(=O)OCc2ccn(C)n2)c1N. The summed E-state index contributed by atoms with van der Waals surface area (Å²) in [6.07, 6.45) is 1.80. The van der Waals surface area contributed by atoms with E-state index in [9.17, 15) is 4.79 Å². The largest absolute Gasteiger partial charge is 0.455 e. The zero-order chi connectivity index (χ0) is 13.1. The summed E-state index contributed by atoms with van der Waals surface area (Å²) < 4.78 is 6.83. The summed E-state index contributed by atoms with van der Waals surface area (Å²) in [5.74, 6) is -0.429. The number of carbonyl (C=O) groups is 1. The Labute approximate surface area is 105 Å². The lowest BCUT2D eigenvalue weighted by atomic mass is 10.1. The Bertz CT molecular complexity index is 575. The number of ether oxygens (including phenoxy) is 1. The number of para-hydroxylation sites is 1. The van der Waals surface area contributed by atoms with E-state index >= 15 is 0 Å². The normalized spacial score (nSPS) is 10.3. The molecular weight excluding hydrogens is 230 g/mol. The maximum atomic E-state index is 11.9. The molecule has 0 bridgehead atoms. The lowest BCUT2D eigenvalue weighted by molar-refractivity contribution is 0.0468. The minimum Gasteiger partial charge on any atom is -0.455 e. The van der Waals surface area contributed by atoms with Gasteiger partial charge in [0.15, 0.2) is 0 Å². The first-order valence-electron chi connectivity index (χ1n) is 5.58. The predicted octanol–water partition coefficient (Wildman–Crippen LogP) is 1.67. The van der Waals surface area contributed by atoms with Gasteiger partial charge in [0, 0.05) is 18.9 Å². The smallest absolute Gasteiger partial charge is 0.340 e. The Balaban J connectivity index is 2.06. The van der Waals surface area contributed by atoms with Gasteiger partial charge in [0.2, 0.25) is 0 Å². The molecule has 0 saturated heterocycles. The molecule has 0 radical (unpaired) electrons. The van der Waals surface area contributed by atoms with Crippen molar-refractivity contribution in [1.82, 2.24) is 9.78 Å². The number of nitrogen functional groups attached to an aromatic ring is 1. The third-order valence-electron chi connectivity index (χ3n) is 2.66. The Hall–Kier alpha value is -2.30. The molecule has 0 fully saturated rings. The van der Waals surface area contributed by atoms with Gasteiger partial charge in [-0.1, -0.05) is 12.1 Å². The fourth-order valence-corrected chi connectivity index (χ4v) is 1.62. The first-order valence-corrected chi connectivity index (χ1v) is 5.58. The van der Waals surface area contributed by atoms with Crippen LogP contribution >= 0.6 is 0 Å². The van der Waals surface area contributed by atoms with Gasteiger partial charge in [0.1, 0.15) is 6.61 Å². The van der Waals surface area contributed by atoms with Crippen molar-refractivity contribution < 1.29 is 9.53 Å². The number of esters is 1. The molecule has 0 unspecified atom stereocenters. The third-order valence-corrected chi connectivity index (χ3v) is 2.66. The maximum Gasteiger partial charge on any atom is 0.340 e. The van der Waals surface area contributed by atoms with Crippen molar-refractivity contribution in [2.75, 3.05) is 5.73 Å². The quantitative estimate of drug-likeness (QED) is 0.659. The Morgan fingerprint density at radius 1 is 1.44 bits per heavy atom. The molecule has 5 nitrogen and oxygen atoms in total. The second-order valence-corrected chi connectivity index (χ2v) is 4.09. The number of aromatic nitrogens is 2. The highest BCUT2D eigenvalue weighted by Crippen LogP contribution is 2.17. The van der Waals surface area contributed by atoms with Crippen molar-refractivity contribution in [3.05, 3.63) is 47.3 Å². The molecule has 5 heteroatoms. The third kappa shape index (κ3) is 2.51. The highest BCUT2D eigenvalue weighted by Gasteiger charge is 2.12. The van der Waals surface area contributed by atoms with Crippen LogP contribution in [0.4, 0.5) is 5.69 Å². The summed E-state index contributed by atoms with van der Waals surface area (Å²) in [6.45, 7) is 2.00. The van der Waals surface area contributed by atoms with Crippen molar-refractivity contribution >= 4 is 11.7 Å². The number of anilines is 1. The fourth-order valence-electron chi connectivity index (χ4n) is 1.62. The molecule has 1 aromatic carbocycles. The number of nitrogens with zero attached hydrogens (tertiary/aromatic N) is 2. The van der Waals surface area contributed by atoms with Gasteiger partial charge in [-0.05, 0) is 24.6 Å². The second kappa shape index (κ2) is 4.91. The lowest BCUT2D eigenvalue weighted by Gasteiger charge is -2.07. The standard InChI is InChI=1S/C13H15N3O2/c1-9-4-3-5-11(12(9)14)13(17)18-8-10-6-7-16(2)15-10/h3-7H,8,14H2,1-2H3. The number of benzene rings is 1. The van der Waals surface area contributed by atoms with E-state index in [1.807, 2.05) is 20.0 Å². The first-order chi connectivity index (χ1) is 8.58. The molecule has 0 spiro atoms. The molecule has 0 aliphatic carbocycles. The van der Waals surface area contributed by atoms with E-state index in [1.165, 1.54) is 0 Å². The van der Waals surface area contributed by atoms with E-state index in [4.69, 9.17) is 10.5 Å². The number of hydrogen-bond donors (Lipinski definition) is 1. The molecule has 0 aliphatic rings. The average Bonchev–Trinajstić information content (AvgIpc) is 2.76. The monoisotopic (exact) mass is 245 g/mol. The molecule has 94 valence electrons. The van der Waals surface area contributed by atoms with Gasteiger partial charge in [-0.2, -0.15) is 5.10 Å². The summed E-state index contributed by atoms with van der Waals surface area (Å²) in [5, 5.41) is 4.12. The maximum absolute atomic E-state index is 11.9. The summed E-state index contributed by atoms with van der Waals surface area (Å²) in [5.41, 5.74) is 8.26. The van der Waals surface area contributed by atoms with Crippen LogP contribution in [0.3, 0.4) is 0 Å². The highest BCUT2D eigenvalue weighted by molar-refractivity contribution is 5.95. The van der Waals surface area contributed by atoms with Crippen LogP contribution in [0.2, 0.25) is 0 Å². The van der Waals surface area contributed by atoms with E-state index in [-0.39, 0.29) is 6.61 Å². The number of hydrogen-bond acceptors (Lipinski definition) is 4. The molecule has 0 aliphatic heterocycles. The van der Waals surface area contributed by atoms with Gasteiger partial charge in [0.05, 0.1) is 11.3 Å². The van der Waals surface area contributed by atoms with Crippen molar-refractivity contribution in [1.29, 1.82) is 0 Å². The minimum absolute atomic E-state index is 0.146. The number of rotatable bonds is 3. The Morgan fingerprint density at radius 3 is 2.89 bits per heavy atom. The van der Waals surface area contributed by atoms with Gasteiger partial charge in [-0.25, -0.2) is 4.79 Å². The lowest BCUT2D eigenvalue weighted by Crippen LogP contribution is -2.09. The van der Waals surface area contributed by atoms with Crippen LogP contribution in [0.1, 0.15) is 21.6 Å². The predicted molar refractivity (Wildman–Crippen MR) is 67.9 cm³/mol. The number of aryl methyl sites for hydroxylation is 2. The van der Waals surface area contributed by atoms with Crippen LogP contribution in [0.5, 0.6) is 0 Å². The first kappa shape index (κ1) is 12.2. The van der Waals surface area contributed by atoms with E-state index in [0.29, 0.717) is 16.9 Å². The molecule has 18 heavy (non-hydrogen) atoms. The van der Waals surface area contributed by atoms with Gasteiger partial charge < -0.3 is 10.5 Å². The van der Waals surface area contributed by atoms with Gasteiger partial charge in [-0.15, -0.1) is 0 Å². The second-order valence-electron chi connectivity index (χ2n) is 4.09. The Morgan fingerprint density at radius 2 is 2.22 bits per heavy atom. The van der Waals surface area contributed by atoms with Gasteiger partial charge >= 0.3 is 5.97 Å². The topological polar surface area (TPSA) is 70.1 Å². The summed E-state index contributed by atoms with van der Waals surface area (Å²) in [4.78, 5) is 11.9. The Kier molecular flexibility index (Phi) is 3.32. The zero-order valence-corrected chi connectivity index (χ0v) is 10.4. The fraction of sp³-hybridized carbons (Fsp3) is 0.231. The summed E-state index contributed by atoms with van der Waals surface area (Å²) in [7, 11) is 1.81. The van der Waals surface area contributed by atoms with Crippen LogP contribution in [0.15, 0.2) is 30.5 Å². The van der Waals surface area contributed by atoms with Crippen LogP contribution < -0.4 is 5.73 Å². The van der Waals surface area contributed by atoms with E-state index in [0.717, 1.165) is 5.56 Å². The van der Waals surface area contributed by atoms with E-state index in [2.05, 4.69) is 5.10 Å². The molecule has 2 aromatic rings. The molecule has 0 amide bonds. The molecular formula is C13H15N3O2. The van der Waals surface area contributed by atoms with E-state index in [1.54, 1.807) is 29.1 Å².